The van der Waals surface area contributed by atoms with Crippen molar-refractivity contribution in [1.29, 1.82) is 0 Å². The van der Waals surface area contributed by atoms with Crippen LogP contribution in [0.25, 0.3) is 22.0 Å². The average Bonchev–Trinajstić information content (AvgIpc) is 2.83. The van der Waals surface area contributed by atoms with Crippen LogP contribution in [-0.2, 0) is 0 Å². The fourth-order valence-corrected chi connectivity index (χ4v) is 3.73. The van der Waals surface area contributed by atoms with Gasteiger partial charge >= 0.3 is 0 Å². The van der Waals surface area contributed by atoms with Crippen molar-refractivity contribution in [2.24, 2.45) is 0 Å². The Morgan fingerprint density at radius 2 is 1.58 bits per heavy atom. The molecule has 0 bridgehead atoms. The number of aromatic amines is 1. The topological polar surface area (TPSA) is 15.8 Å². The first-order valence-electron chi connectivity index (χ1n) is 8.97. The van der Waals surface area contributed by atoms with Crippen molar-refractivity contribution in [3.8, 4) is 0 Å². The van der Waals surface area contributed by atoms with Crippen LogP contribution in [-0.4, -0.2) is 4.98 Å². The Labute approximate surface area is 155 Å². The Morgan fingerprint density at radius 3 is 2.35 bits per heavy atom. The van der Waals surface area contributed by atoms with Gasteiger partial charge in [-0.1, -0.05) is 60.2 Å². The molecule has 4 rings (SSSR count). The van der Waals surface area contributed by atoms with E-state index in [-0.39, 0.29) is 0 Å². The predicted octanol–water partition coefficient (Wildman–Crippen LogP) is 6.69. The van der Waals surface area contributed by atoms with Crippen LogP contribution in [0.5, 0.6) is 0 Å². The van der Waals surface area contributed by atoms with Crippen LogP contribution in [0.4, 0.5) is 0 Å². The molecule has 1 aromatic heterocycles. The third-order valence-electron chi connectivity index (χ3n) is 4.79. The maximum absolute atomic E-state index is 4.17. The minimum absolute atomic E-state index is 1.02. The normalized spacial score (nSPS) is 14.3. The minimum atomic E-state index is 1.02. The largest absolute Gasteiger partial charge is 0.359 e. The fourth-order valence-electron chi connectivity index (χ4n) is 3.73. The number of nitrogens with one attached hydrogen (secondary N) is 1. The lowest BCUT2D eigenvalue weighted by atomic mass is 9.89. The monoisotopic (exact) mass is 337 g/mol. The molecule has 0 fully saturated rings. The number of aromatic nitrogens is 1. The van der Waals surface area contributed by atoms with Gasteiger partial charge in [-0.05, 0) is 72.9 Å². The fraction of sp³-hybridized carbons (Fsp3) is 0.120. The predicted molar refractivity (Wildman–Crippen MR) is 113 cm³/mol. The maximum atomic E-state index is 4.17. The van der Waals surface area contributed by atoms with E-state index in [2.05, 4.69) is 99.1 Å². The van der Waals surface area contributed by atoms with Crippen LogP contribution in [0.2, 0.25) is 0 Å². The first-order chi connectivity index (χ1) is 12.5. The number of benzene rings is 2. The van der Waals surface area contributed by atoms with Crippen molar-refractivity contribution in [3.63, 3.8) is 0 Å². The molecule has 0 saturated heterocycles. The van der Waals surface area contributed by atoms with Gasteiger partial charge in [-0.2, -0.15) is 0 Å². The number of allylic oxidation sites excluding steroid dienone is 7. The zero-order chi connectivity index (χ0) is 18.3. The van der Waals surface area contributed by atoms with E-state index < -0.39 is 0 Å². The Balaban J connectivity index is 1.90. The van der Waals surface area contributed by atoms with E-state index in [1.165, 1.54) is 50.0 Å². The zero-order valence-corrected chi connectivity index (χ0v) is 15.6. The molecule has 1 heterocycles. The molecule has 1 nitrogen and oxygen atoms in total. The molecular weight excluding hydrogens is 314 g/mol. The molecule has 0 radical (unpaired) electrons. The summed E-state index contributed by atoms with van der Waals surface area (Å²) in [6, 6.07) is 15.6. The molecule has 1 heteroatoms. The highest BCUT2D eigenvalue weighted by Gasteiger charge is 2.14. The lowest BCUT2D eigenvalue weighted by molar-refractivity contribution is 1.30. The number of hydrogen-bond donors (Lipinski definition) is 1. The van der Waals surface area contributed by atoms with Crippen molar-refractivity contribution in [3.05, 3.63) is 107 Å². The van der Waals surface area contributed by atoms with E-state index in [1.54, 1.807) is 0 Å². The third kappa shape index (κ3) is 3.09. The van der Waals surface area contributed by atoms with Gasteiger partial charge < -0.3 is 4.98 Å². The van der Waals surface area contributed by atoms with Gasteiger partial charge in [0, 0.05) is 16.6 Å². The molecule has 1 aliphatic carbocycles. The van der Waals surface area contributed by atoms with Gasteiger partial charge in [0.05, 0.1) is 0 Å². The van der Waals surface area contributed by atoms with Crippen LogP contribution >= 0.6 is 0 Å². The molecule has 0 amide bonds. The van der Waals surface area contributed by atoms with Crippen LogP contribution in [0.1, 0.15) is 27.9 Å². The van der Waals surface area contributed by atoms with Crippen molar-refractivity contribution in [2.45, 2.75) is 20.8 Å². The molecule has 3 aromatic rings. The summed E-state index contributed by atoms with van der Waals surface area (Å²) in [4.78, 5) is 3.40. The van der Waals surface area contributed by atoms with Gasteiger partial charge in [0.1, 0.15) is 0 Å². The van der Waals surface area contributed by atoms with Crippen molar-refractivity contribution in [1.82, 2.24) is 4.98 Å². The first kappa shape index (κ1) is 16.4. The summed E-state index contributed by atoms with van der Waals surface area (Å²) in [6.45, 7) is 10.6. The summed E-state index contributed by atoms with van der Waals surface area (Å²) in [5.74, 6) is 0. The molecule has 0 unspecified atom stereocenters. The summed E-state index contributed by atoms with van der Waals surface area (Å²) < 4.78 is 0. The second-order valence-corrected chi connectivity index (χ2v) is 7.20. The molecule has 0 atom stereocenters. The van der Waals surface area contributed by atoms with E-state index in [1.807, 2.05) is 0 Å². The number of fused-ring (bicyclic) bond motifs is 1. The lowest BCUT2D eigenvalue weighted by Crippen LogP contribution is -1.93. The molecule has 1 aliphatic rings. The van der Waals surface area contributed by atoms with Crippen molar-refractivity contribution < 1.29 is 0 Å². The molecule has 0 spiro atoms. The maximum Gasteiger partial charge on any atom is 0.0456 e. The summed E-state index contributed by atoms with van der Waals surface area (Å²) in [6.07, 6.45) is 8.55. The summed E-state index contributed by atoms with van der Waals surface area (Å²) in [5, 5.41) is 1.24. The van der Waals surface area contributed by atoms with Crippen LogP contribution < -0.4 is 0 Å². The SMILES string of the molecule is C=C1C=CC=C(c2ccc3[nH]c(C)cc3c2)C(c2cc(C)cc(C)c2)=C1. The highest BCUT2D eigenvalue weighted by molar-refractivity contribution is 6.08. The Kier molecular flexibility index (Phi) is 4.00. The summed E-state index contributed by atoms with van der Waals surface area (Å²) >= 11 is 0. The van der Waals surface area contributed by atoms with Crippen LogP contribution in [0, 0.1) is 20.8 Å². The van der Waals surface area contributed by atoms with Gasteiger partial charge in [0.25, 0.3) is 0 Å². The average molecular weight is 337 g/mol. The second kappa shape index (κ2) is 6.34. The van der Waals surface area contributed by atoms with Crippen molar-refractivity contribution in [2.75, 3.05) is 0 Å². The Bertz CT molecular complexity index is 1100. The molecule has 2 aromatic carbocycles. The van der Waals surface area contributed by atoms with Crippen molar-refractivity contribution >= 4 is 22.0 Å². The third-order valence-corrected chi connectivity index (χ3v) is 4.79. The van der Waals surface area contributed by atoms with Gasteiger partial charge in [-0.3, -0.25) is 0 Å². The van der Waals surface area contributed by atoms with Gasteiger partial charge in [0.15, 0.2) is 0 Å². The van der Waals surface area contributed by atoms with E-state index in [4.69, 9.17) is 0 Å². The van der Waals surface area contributed by atoms with Gasteiger partial charge in [-0.15, -0.1) is 0 Å². The second-order valence-electron chi connectivity index (χ2n) is 7.20. The lowest BCUT2D eigenvalue weighted by Gasteiger charge is -2.14. The van der Waals surface area contributed by atoms with E-state index in [9.17, 15) is 0 Å². The molecule has 1 N–H and O–H groups in total. The first-order valence-corrected chi connectivity index (χ1v) is 8.97. The van der Waals surface area contributed by atoms with Gasteiger partial charge in [0.2, 0.25) is 0 Å². The van der Waals surface area contributed by atoms with E-state index >= 15 is 0 Å². The number of aryl methyl sites for hydroxylation is 3. The number of H-pyrrole nitrogens is 1. The van der Waals surface area contributed by atoms with Crippen LogP contribution in [0.15, 0.2) is 78.9 Å². The van der Waals surface area contributed by atoms with E-state index in [0.29, 0.717) is 0 Å². The summed E-state index contributed by atoms with van der Waals surface area (Å²) in [5.41, 5.74) is 10.8. The molecule has 128 valence electrons. The molecule has 26 heavy (non-hydrogen) atoms. The van der Waals surface area contributed by atoms with E-state index in [0.717, 1.165) is 5.57 Å². The quantitative estimate of drug-likeness (QED) is 0.536. The smallest absolute Gasteiger partial charge is 0.0456 e. The minimum Gasteiger partial charge on any atom is -0.359 e. The standard InChI is InChI=1S/C25H23N/c1-16-6-5-7-23(20-8-9-25-22(15-20)14-19(4)26-25)24(13-16)21-11-17(2)10-18(3)12-21/h5-15,26H,1H2,2-4H3. The Morgan fingerprint density at radius 1 is 0.808 bits per heavy atom. The molecule has 0 aliphatic heterocycles. The van der Waals surface area contributed by atoms with Crippen LogP contribution in [0.3, 0.4) is 0 Å². The molecular formula is C25H23N. The highest BCUT2D eigenvalue weighted by atomic mass is 14.7. The summed E-state index contributed by atoms with van der Waals surface area (Å²) in [7, 11) is 0. The number of rotatable bonds is 2. The zero-order valence-electron chi connectivity index (χ0n) is 15.6. The molecule has 0 saturated carbocycles. The number of hydrogen-bond acceptors (Lipinski definition) is 0. The highest BCUT2D eigenvalue weighted by Crippen LogP contribution is 2.36. The van der Waals surface area contributed by atoms with Gasteiger partial charge in [-0.25, -0.2) is 0 Å². The Hall–Kier alpha value is -3.06.